The van der Waals surface area contributed by atoms with Gasteiger partial charge in [-0.3, -0.25) is 9.59 Å². The van der Waals surface area contributed by atoms with Gasteiger partial charge in [0.25, 0.3) is 5.91 Å². The number of carboxylic acid groups (broad SMARTS) is 1. The summed E-state index contributed by atoms with van der Waals surface area (Å²) in [6.07, 6.45) is -0.500. The number of nitrogens with one attached hydrogen (secondary N) is 1. The van der Waals surface area contributed by atoms with Crippen molar-refractivity contribution in [1.82, 2.24) is 5.32 Å². The van der Waals surface area contributed by atoms with Crippen LogP contribution >= 0.6 is 0 Å². The van der Waals surface area contributed by atoms with E-state index in [2.05, 4.69) is 5.32 Å². The molecule has 0 radical (unpaired) electrons. The van der Waals surface area contributed by atoms with Gasteiger partial charge in [0.05, 0.1) is 6.42 Å². The van der Waals surface area contributed by atoms with E-state index < -0.39 is 30.2 Å². The monoisotopic (exact) mass is 252 g/mol. The summed E-state index contributed by atoms with van der Waals surface area (Å²) in [6, 6.07) is 4.00. The van der Waals surface area contributed by atoms with Gasteiger partial charge in [0.15, 0.2) is 0 Å². The maximum absolute atomic E-state index is 11.7. The molecule has 0 aromatic heterocycles. The van der Waals surface area contributed by atoms with Crippen LogP contribution in [0.1, 0.15) is 16.8 Å². The molecule has 0 fully saturated rings. The Morgan fingerprint density at radius 2 is 2.00 bits per heavy atom. The van der Waals surface area contributed by atoms with Crippen molar-refractivity contribution in [2.75, 3.05) is 0 Å². The van der Waals surface area contributed by atoms with Crippen LogP contribution in [0.5, 0.6) is 5.75 Å². The van der Waals surface area contributed by atoms with Crippen molar-refractivity contribution in [2.24, 2.45) is 5.73 Å². The maximum Gasteiger partial charge on any atom is 0.326 e. The van der Waals surface area contributed by atoms with Crippen molar-refractivity contribution < 1.29 is 24.6 Å². The van der Waals surface area contributed by atoms with Gasteiger partial charge in [-0.25, -0.2) is 4.79 Å². The Morgan fingerprint density at radius 1 is 1.33 bits per heavy atom. The van der Waals surface area contributed by atoms with Crippen molar-refractivity contribution in [2.45, 2.75) is 12.5 Å². The largest absolute Gasteiger partial charge is 0.508 e. The van der Waals surface area contributed by atoms with E-state index in [1.165, 1.54) is 24.3 Å². The van der Waals surface area contributed by atoms with Crippen LogP contribution in [0.3, 0.4) is 0 Å². The lowest BCUT2D eigenvalue weighted by molar-refractivity contribution is -0.140. The van der Waals surface area contributed by atoms with Crippen LogP contribution in [0.2, 0.25) is 0 Å². The van der Waals surface area contributed by atoms with Gasteiger partial charge in [-0.05, 0) is 18.2 Å². The summed E-state index contributed by atoms with van der Waals surface area (Å²) in [5.74, 6) is -3.02. The minimum atomic E-state index is -1.39. The molecule has 0 saturated carbocycles. The maximum atomic E-state index is 11.7. The number of amides is 2. The van der Waals surface area contributed by atoms with Crippen LogP contribution in [0.25, 0.3) is 0 Å². The standard InChI is InChI=1S/C11H12N2O5/c12-9(15)5-8(11(17)18)13-10(16)6-2-1-3-7(14)4-6/h1-4,8,14H,5H2,(H2,12,15)(H,13,16)(H,17,18). The SMILES string of the molecule is NC(=O)CC(NC(=O)c1cccc(O)c1)C(=O)O. The average molecular weight is 252 g/mol. The molecule has 1 unspecified atom stereocenters. The quantitative estimate of drug-likeness (QED) is 0.558. The van der Waals surface area contributed by atoms with E-state index >= 15 is 0 Å². The topological polar surface area (TPSA) is 130 Å². The zero-order valence-corrected chi connectivity index (χ0v) is 9.29. The second-order valence-electron chi connectivity index (χ2n) is 3.59. The van der Waals surface area contributed by atoms with Crippen molar-refractivity contribution in [3.8, 4) is 5.75 Å². The first-order valence-electron chi connectivity index (χ1n) is 5.01. The first kappa shape index (κ1) is 13.5. The molecular formula is C11H12N2O5. The number of aromatic hydroxyl groups is 1. The Bertz CT molecular complexity index is 486. The normalized spacial score (nSPS) is 11.6. The third-order valence-corrected chi connectivity index (χ3v) is 2.12. The smallest absolute Gasteiger partial charge is 0.326 e. The fourth-order valence-electron chi connectivity index (χ4n) is 1.29. The molecule has 0 aliphatic heterocycles. The number of hydrogen-bond acceptors (Lipinski definition) is 4. The van der Waals surface area contributed by atoms with E-state index in [4.69, 9.17) is 10.8 Å². The highest BCUT2D eigenvalue weighted by Gasteiger charge is 2.22. The van der Waals surface area contributed by atoms with Gasteiger partial charge in [0.1, 0.15) is 11.8 Å². The first-order chi connectivity index (χ1) is 8.40. The minimum Gasteiger partial charge on any atom is -0.508 e. The van der Waals surface area contributed by atoms with E-state index in [1.54, 1.807) is 0 Å². The number of phenolic OH excluding ortho intramolecular Hbond substituents is 1. The number of nitrogens with two attached hydrogens (primary N) is 1. The van der Waals surface area contributed by atoms with Gasteiger partial charge in [-0.2, -0.15) is 0 Å². The third kappa shape index (κ3) is 3.78. The fourth-order valence-corrected chi connectivity index (χ4v) is 1.29. The molecule has 1 rings (SSSR count). The first-order valence-corrected chi connectivity index (χ1v) is 5.01. The molecule has 1 aromatic carbocycles. The predicted molar refractivity (Wildman–Crippen MR) is 60.8 cm³/mol. The number of phenols is 1. The number of hydrogen-bond donors (Lipinski definition) is 4. The summed E-state index contributed by atoms with van der Waals surface area (Å²) in [5, 5.41) is 20.1. The zero-order valence-electron chi connectivity index (χ0n) is 9.29. The summed E-state index contributed by atoms with van der Waals surface area (Å²) in [6.45, 7) is 0. The molecule has 0 saturated heterocycles. The van der Waals surface area contributed by atoms with Gasteiger partial charge in [0, 0.05) is 5.56 Å². The van der Waals surface area contributed by atoms with Gasteiger partial charge in [0.2, 0.25) is 5.91 Å². The molecule has 2 amide bonds. The number of primary amides is 1. The minimum absolute atomic E-state index is 0.0886. The van der Waals surface area contributed by atoms with Crippen molar-refractivity contribution >= 4 is 17.8 Å². The van der Waals surface area contributed by atoms with Crippen molar-refractivity contribution in [1.29, 1.82) is 0 Å². The Kier molecular flexibility index (Phi) is 4.25. The van der Waals surface area contributed by atoms with Crippen LogP contribution in [0, 0.1) is 0 Å². The molecular weight excluding hydrogens is 240 g/mol. The van der Waals surface area contributed by atoms with Gasteiger partial charge >= 0.3 is 5.97 Å². The van der Waals surface area contributed by atoms with E-state index in [0.717, 1.165) is 0 Å². The number of carboxylic acids is 1. The second-order valence-corrected chi connectivity index (χ2v) is 3.59. The van der Waals surface area contributed by atoms with E-state index in [1.807, 2.05) is 0 Å². The summed E-state index contributed by atoms with van der Waals surface area (Å²) in [5.41, 5.74) is 4.96. The van der Waals surface area contributed by atoms with Crippen LogP contribution in [0.4, 0.5) is 0 Å². The number of benzene rings is 1. The third-order valence-electron chi connectivity index (χ3n) is 2.12. The summed E-state index contributed by atoms with van der Waals surface area (Å²) in [7, 11) is 0. The predicted octanol–water partition coefficient (Wildman–Crippen LogP) is -0.549. The molecule has 1 atom stereocenters. The lowest BCUT2D eigenvalue weighted by Gasteiger charge is -2.12. The van der Waals surface area contributed by atoms with Gasteiger partial charge in [-0.1, -0.05) is 6.07 Å². The zero-order chi connectivity index (χ0) is 13.7. The van der Waals surface area contributed by atoms with Crippen LogP contribution in [0.15, 0.2) is 24.3 Å². The van der Waals surface area contributed by atoms with E-state index in [-0.39, 0.29) is 11.3 Å². The molecule has 1 aromatic rings. The van der Waals surface area contributed by atoms with Gasteiger partial charge in [-0.15, -0.1) is 0 Å². The Morgan fingerprint density at radius 3 is 2.50 bits per heavy atom. The van der Waals surface area contributed by atoms with E-state index in [0.29, 0.717) is 0 Å². The lowest BCUT2D eigenvalue weighted by Crippen LogP contribution is -2.43. The lowest BCUT2D eigenvalue weighted by atomic mass is 10.1. The van der Waals surface area contributed by atoms with Crippen molar-refractivity contribution in [3.63, 3.8) is 0 Å². The Labute approximate surface area is 102 Å². The number of rotatable bonds is 5. The molecule has 96 valence electrons. The molecule has 7 nitrogen and oxygen atoms in total. The molecule has 0 heterocycles. The van der Waals surface area contributed by atoms with Crippen LogP contribution in [-0.2, 0) is 9.59 Å². The highest BCUT2D eigenvalue weighted by atomic mass is 16.4. The molecule has 18 heavy (non-hydrogen) atoms. The fraction of sp³-hybridized carbons (Fsp3) is 0.182. The second kappa shape index (κ2) is 5.67. The van der Waals surface area contributed by atoms with Crippen LogP contribution < -0.4 is 11.1 Å². The molecule has 0 spiro atoms. The number of carbonyl (C=O) groups excluding carboxylic acids is 2. The summed E-state index contributed by atoms with van der Waals surface area (Å²) in [4.78, 5) is 33.1. The number of carbonyl (C=O) groups is 3. The Balaban J connectivity index is 2.78. The number of aliphatic carboxylic acids is 1. The van der Waals surface area contributed by atoms with E-state index in [9.17, 15) is 19.5 Å². The molecule has 5 N–H and O–H groups in total. The molecule has 0 aliphatic rings. The summed E-state index contributed by atoms with van der Waals surface area (Å²) < 4.78 is 0. The highest BCUT2D eigenvalue weighted by molar-refractivity contribution is 5.97. The van der Waals surface area contributed by atoms with Gasteiger partial charge < -0.3 is 21.3 Å². The van der Waals surface area contributed by atoms with Crippen molar-refractivity contribution in [3.05, 3.63) is 29.8 Å². The highest BCUT2D eigenvalue weighted by Crippen LogP contribution is 2.11. The average Bonchev–Trinajstić information content (AvgIpc) is 2.27. The summed E-state index contributed by atoms with van der Waals surface area (Å²) >= 11 is 0. The molecule has 0 aliphatic carbocycles. The van der Waals surface area contributed by atoms with Crippen LogP contribution in [-0.4, -0.2) is 34.0 Å². The molecule has 0 bridgehead atoms. The molecule has 7 heteroatoms. The Hall–Kier alpha value is -2.57.